The zero-order valence-electron chi connectivity index (χ0n) is 22.3. The Morgan fingerprint density at radius 2 is 2.00 bits per heavy atom. The lowest BCUT2D eigenvalue weighted by atomic mass is 9.89. The van der Waals surface area contributed by atoms with E-state index < -0.39 is 5.60 Å². The first-order valence-electron chi connectivity index (χ1n) is 12.9. The molecule has 0 atom stereocenters. The number of carbonyl (C=O) groups excluding carboxylic acids is 1. The number of piperidine rings is 1. The smallest absolute Gasteiger partial charge is 0.270 e. The molecular weight excluding hydrogens is 494 g/mol. The van der Waals surface area contributed by atoms with Crippen molar-refractivity contribution in [3.8, 4) is 22.9 Å². The Morgan fingerprint density at radius 3 is 2.64 bits per heavy atom. The van der Waals surface area contributed by atoms with Crippen LogP contribution in [0.5, 0.6) is 5.75 Å². The molecule has 4 aromatic rings. The number of aromatic nitrogens is 4. The van der Waals surface area contributed by atoms with Gasteiger partial charge in [-0.25, -0.2) is 9.50 Å². The summed E-state index contributed by atoms with van der Waals surface area (Å²) in [7, 11) is 0. The van der Waals surface area contributed by atoms with Gasteiger partial charge in [-0.05, 0) is 63.9 Å². The highest BCUT2D eigenvalue weighted by molar-refractivity contribution is 5.92. The van der Waals surface area contributed by atoms with Crippen LogP contribution in [0.4, 0.5) is 5.82 Å². The number of anilines is 1. The summed E-state index contributed by atoms with van der Waals surface area (Å²) in [6.45, 7) is 7.02. The molecule has 0 radical (unpaired) electrons. The molecule has 4 aromatic heterocycles. The topological polar surface area (TPSA) is 129 Å². The van der Waals surface area contributed by atoms with E-state index in [1.807, 2.05) is 18.2 Å². The minimum Gasteiger partial charge on any atom is -0.489 e. The third-order valence-corrected chi connectivity index (χ3v) is 6.86. The van der Waals surface area contributed by atoms with Gasteiger partial charge in [0.15, 0.2) is 0 Å². The molecule has 1 fully saturated rings. The monoisotopic (exact) mass is 525 g/mol. The van der Waals surface area contributed by atoms with Crippen molar-refractivity contribution in [3.63, 3.8) is 0 Å². The molecule has 0 unspecified atom stereocenters. The fourth-order valence-corrected chi connectivity index (χ4v) is 4.66. The van der Waals surface area contributed by atoms with E-state index in [-0.39, 0.29) is 18.1 Å². The van der Waals surface area contributed by atoms with Crippen molar-refractivity contribution >= 4 is 17.2 Å². The summed E-state index contributed by atoms with van der Waals surface area (Å²) < 4.78 is 7.44. The van der Waals surface area contributed by atoms with Crippen LogP contribution in [0.3, 0.4) is 0 Å². The van der Waals surface area contributed by atoms with Crippen molar-refractivity contribution in [1.29, 1.82) is 5.26 Å². The van der Waals surface area contributed by atoms with Gasteiger partial charge in [-0.2, -0.15) is 10.4 Å². The van der Waals surface area contributed by atoms with Crippen LogP contribution in [0.2, 0.25) is 0 Å². The highest BCUT2D eigenvalue weighted by atomic mass is 16.5. The van der Waals surface area contributed by atoms with Crippen molar-refractivity contribution in [1.82, 2.24) is 24.9 Å². The van der Waals surface area contributed by atoms with Gasteiger partial charge in [0.2, 0.25) is 0 Å². The minimum atomic E-state index is -0.994. The Bertz CT molecular complexity index is 1510. The predicted octanol–water partition coefficient (Wildman–Crippen LogP) is 3.60. The first-order valence-corrected chi connectivity index (χ1v) is 12.9. The lowest BCUT2D eigenvalue weighted by Crippen LogP contribution is -2.53. The fourth-order valence-electron chi connectivity index (χ4n) is 4.66. The van der Waals surface area contributed by atoms with Crippen LogP contribution >= 0.6 is 0 Å². The van der Waals surface area contributed by atoms with Crippen molar-refractivity contribution in [2.45, 2.75) is 44.8 Å². The van der Waals surface area contributed by atoms with E-state index in [2.05, 4.69) is 33.3 Å². The Morgan fingerprint density at radius 1 is 1.21 bits per heavy atom. The number of hydrogen-bond acceptors (Lipinski definition) is 8. The molecule has 10 heteroatoms. The van der Waals surface area contributed by atoms with Crippen molar-refractivity contribution in [2.75, 3.05) is 24.6 Å². The average molecular weight is 526 g/mol. The zero-order valence-corrected chi connectivity index (χ0v) is 22.3. The molecule has 5 heterocycles. The largest absolute Gasteiger partial charge is 0.489 e. The Balaban J connectivity index is 1.32. The number of amides is 1. The van der Waals surface area contributed by atoms with Gasteiger partial charge in [0.05, 0.1) is 29.1 Å². The summed E-state index contributed by atoms with van der Waals surface area (Å²) in [5.41, 5.74) is 1.80. The maximum absolute atomic E-state index is 12.6. The van der Waals surface area contributed by atoms with E-state index in [1.165, 1.54) is 6.20 Å². The van der Waals surface area contributed by atoms with Crippen LogP contribution in [0.1, 0.15) is 49.7 Å². The van der Waals surface area contributed by atoms with E-state index in [1.54, 1.807) is 55.2 Å². The highest BCUT2D eigenvalue weighted by Crippen LogP contribution is 2.32. The van der Waals surface area contributed by atoms with Crippen LogP contribution in [-0.2, 0) is 0 Å². The Kier molecular flexibility index (Phi) is 6.93. The molecule has 39 heavy (non-hydrogen) atoms. The number of nitrogens with zero attached hydrogens (tertiary/aromatic N) is 6. The number of nitriles is 1. The molecule has 1 amide bonds. The number of carbonyl (C=O) groups is 1. The van der Waals surface area contributed by atoms with E-state index in [0.717, 1.165) is 42.9 Å². The summed E-state index contributed by atoms with van der Waals surface area (Å²) in [6, 6.07) is 13.3. The first-order chi connectivity index (χ1) is 18.6. The van der Waals surface area contributed by atoms with Crippen LogP contribution in [0, 0.1) is 11.3 Å². The molecule has 5 rings (SSSR count). The number of fused-ring (bicyclic) bond motifs is 1. The molecule has 1 aliphatic heterocycles. The van der Waals surface area contributed by atoms with E-state index in [9.17, 15) is 15.2 Å². The van der Waals surface area contributed by atoms with Crippen molar-refractivity contribution in [3.05, 3.63) is 72.4 Å². The predicted molar refractivity (Wildman–Crippen MR) is 146 cm³/mol. The second kappa shape index (κ2) is 10.3. The molecule has 200 valence electrons. The van der Waals surface area contributed by atoms with Gasteiger partial charge < -0.3 is 20.1 Å². The number of hydrogen-bond donors (Lipinski definition) is 2. The van der Waals surface area contributed by atoms with Crippen LogP contribution in [0.25, 0.3) is 16.6 Å². The van der Waals surface area contributed by atoms with E-state index in [4.69, 9.17) is 9.72 Å². The number of nitrogens with one attached hydrogen (secondary N) is 1. The molecule has 1 aliphatic rings. The molecule has 0 saturated carbocycles. The van der Waals surface area contributed by atoms with Crippen LogP contribution < -0.4 is 15.0 Å². The lowest BCUT2D eigenvalue weighted by Gasteiger charge is -2.40. The average Bonchev–Trinajstić information content (AvgIpc) is 3.35. The minimum absolute atomic E-state index is 0.109. The zero-order chi connectivity index (χ0) is 27.6. The highest BCUT2D eigenvalue weighted by Gasteiger charge is 2.32. The van der Waals surface area contributed by atoms with Gasteiger partial charge in [0.25, 0.3) is 5.91 Å². The number of aliphatic hydroxyl groups is 1. The van der Waals surface area contributed by atoms with Gasteiger partial charge in [-0.3, -0.25) is 9.78 Å². The SMILES string of the molecule is CC(C)(O)COc1cc(-c2ccc(N3CCC(C)(NC(=O)c4ccccn4)CC3)nc2)c2c(C#N)cnn2c1. The molecule has 1 saturated heterocycles. The molecule has 10 nitrogen and oxygen atoms in total. The van der Waals surface area contributed by atoms with Gasteiger partial charge >= 0.3 is 0 Å². The summed E-state index contributed by atoms with van der Waals surface area (Å²) in [5, 5.41) is 27.2. The first kappa shape index (κ1) is 26.1. The summed E-state index contributed by atoms with van der Waals surface area (Å²) >= 11 is 0. The molecule has 0 aromatic carbocycles. The normalized spacial score (nSPS) is 15.1. The standard InChI is InChI=1S/C29H31N7O3/c1-28(2,38)19-39-22-14-23(26-21(15-30)17-33-36(26)18-22)20-7-8-25(32-16-20)35-12-9-29(3,10-13-35)34-27(37)24-6-4-5-11-31-24/h4-8,11,14,16-18,38H,9-10,12-13,19H2,1-3H3,(H,34,37). The maximum atomic E-state index is 12.6. The van der Waals surface area contributed by atoms with Crippen LogP contribution in [-0.4, -0.2) is 61.4 Å². The number of pyridine rings is 3. The lowest BCUT2D eigenvalue weighted by molar-refractivity contribution is 0.0283. The quantitative estimate of drug-likeness (QED) is 0.375. The molecule has 0 spiro atoms. The van der Waals surface area contributed by atoms with Crippen molar-refractivity contribution < 1.29 is 14.6 Å². The summed E-state index contributed by atoms with van der Waals surface area (Å²) in [6.07, 6.45) is 8.18. The second-order valence-electron chi connectivity index (χ2n) is 10.8. The maximum Gasteiger partial charge on any atom is 0.270 e. The number of ether oxygens (including phenoxy) is 1. The van der Waals surface area contributed by atoms with Gasteiger partial charge in [-0.1, -0.05) is 6.07 Å². The Hall–Kier alpha value is -4.49. The molecule has 0 bridgehead atoms. The summed E-state index contributed by atoms with van der Waals surface area (Å²) in [5.74, 6) is 1.21. The van der Waals surface area contributed by atoms with Gasteiger partial charge in [0, 0.05) is 42.1 Å². The molecule has 2 N–H and O–H groups in total. The van der Waals surface area contributed by atoms with Crippen molar-refractivity contribution in [2.24, 2.45) is 0 Å². The molecular formula is C29H31N7O3. The van der Waals surface area contributed by atoms with Gasteiger partial charge in [0.1, 0.15) is 29.9 Å². The third kappa shape index (κ3) is 5.84. The summed E-state index contributed by atoms with van der Waals surface area (Å²) in [4.78, 5) is 23.7. The Labute approximate surface area is 226 Å². The van der Waals surface area contributed by atoms with Crippen LogP contribution in [0.15, 0.2) is 61.2 Å². The number of rotatable bonds is 7. The fraction of sp³-hybridized carbons (Fsp3) is 0.345. The van der Waals surface area contributed by atoms with E-state index >= 15 is 0 Å². The second-order valence-corrected chi connectivity index (χ2v) is 10.8. The molecule has 0 aliphatic carbocycles. The third-order valence-electron chi connectivity index (χ3n) is 6.86. The van der Waals surface area contributed by atoms with E-state index in [0.29, 0.717) is 22.5 Å². The van der Waals surface area contributed by atoms with Gasteiger partial charge in [-0.15, -0.1) is 0 Å².